The summed E-state index contributed by atoms with van der Waals surface area (Å²) in [6, 6.07) is 0. The third-order valence-corrected chi connectivity index (χ3v) is 7.03. The van der Waals surface area contributed by atoms with E-state index in [1.54, 1.807) is 0 Å². The molecular formula is C20H28O3. The van der Waals surface area contributed by atoms with Gasteiger partial charge in [-0.25, -0.2) is 0 Å². The maximum atomic E-state index is 10.5. The van der Waals surface area contributed by atoms with Gasteiger partial charge in [0.15, 0.2) is 0 Å². The summed E-state index contributed by atoms with van der Waals surface area (Å²) in [5, 5.41) is 20.7. The normalized spacial score (nSPS) is 48.0. The van der Waals surface area contributed by atoms with Crippen LogP contribution in [0.2, 0.25) is 0 Å². The Bertz CT molecular complexity index is 575. The predicted octanol–water partition coefficient (Wildman–Crippen LogP) is 3.20. The van der Waals surface area contributed by atoms with Crippen molar-refractivity contribution in [2.45, 2.75) is 51.7 Å². The number of hydrogen-bond donors (Lipinski definition) is 2. The van der Waals surface area contributed by atoms with E-state index in [1.807, 2.05) is 6.92 Å². The summed E-state index contributed by atoms with van der Waals surface area (Å²) < 4.78 is 5.65. The van der Waals surface area contributed by atoms with Crippen molar-refractivity contribution < 1.29 is 14.9 Å². The van der Waals surface area contributed by atoms with Crippen molar-refractivity contribution in [3.63, 3.8) is 0 Å². The van der Waals surface area contributed by atoms with Gasteiger partial charge in [-0.05, 0) is 73.5 Å². The van der Waals surface area contributed by atoms with Crippen molar-refractivity contribution in [2.75, 3.05) is 6.61 Å². The molecule has 0 aromatic carbocycles. The average Bonchev–Trinajstić information content (AvgIpc) is 2.78. The molecule has 4 rings (SSSR count). The molecule has 0 heterocycles. The van der Waals surface area contributed by atoms with Gasteiger partial charge in [-0.1, -0.05) is 19.1 Å². The Morgan fingerprint density at radius 3 is 2.91 bits per heavy atom. The fourth-order valence-electron chi connectivity index (χ4n) is 5.82. The van der Waals surface area contributed by atoms with E-state index in [4.69, 9.17) is 4.74 Å². The predicted molar refractivity (Wildman–Crippen MR) is 89.5 cm³/mol. The van der Waals surface area contributed by atoms with Crippen molar-refractivity contribution in [1.82, 2.24) is 0 Å². The fourth-order valence-corrected chi connectivity index (χ4v) is 5.82. The highest BCUT2D eigenvalue weighted by Gasteiger charge is 2.58. The molecule has 0 unspecified atom stereocenters. The summed E-state index contributed by atoms with van der Waals surface area (Å²) in [7, 11) is 0. The lowest BCUT2D eigenvalue weighted by atomic mass is 9.54. The summed E-state index contributed by atoms with van der Waals surface area (Å²) >= 11 is 0. The number of rotatable bonds is 2. The molecule has 4 aliphatic carbocycles. The van der Waals surface area contributed by atoms with Crippen LogP contribution in [-0.2, 0) is 4.74 Å². The summed E-state index contributed by atoms with van der Waals surface area (Å²) in [6.07, 6.45) is 11.9. The van der Waals surface area contributed by atoms with Crippen molar-refractivity contribution >= 4 is 0 Å². The smallest absolute Gasteiger partial charge is 0.119 e. The zero-order valence-corrected chi connectivity index (χ0v) is 14.1. The Hall–Kier alpha value is -1.06. The zero-order valence-electron chi connectivity index (χ0n) is 14.1. The Balaban J connectivity index is 1.62. The molecule has 7 atom stereocenters. The molecule has 0 radical (unpaired) electrons. The van der Waals surface area contributed by atoms with Crippen LogP contribution in [-0.4, -0.2) is 29.0 Å². The van der Waals surface area contributed by atoms with Gasteiger partial charge >= 0.3 is 0 Å². The second kappa shape index (κ2) is 5.49. The lowest BCUT2D eigenvalue weighted by molar-refractivity contribution is -0.0611. The third kappa shape index (κ3) is 2.24. The Morgan fingerprint density at radius 2 is 2.13 bits per heavy atom. The van der Waals surface area contributed by atoms with E-state index in [-0.39, 0.29) is 5.41 Å². The molecule has 0 aromatic heterocycles. The number of hydrogen-bond acceptors (Lipinski definition) is 3. The number of aliphatic hydroxyl groups excluding tert-OH is 2. The molecule has 0 saturated heterocycles. The van der Waals surface area contributed by atoms with Crippen LogP contribution >= 0.6 is 0 Å². The molecule has 2 fully saturated rings. The highest BCUT2D eigenvalue weighted by Crippen LogP contribution is 2.60. The lowest BCUT2D eigenvalue weighted by Crippen LogP contribution is -2.46. The van der Waals surface area contributed by atoms with Crippen LogP contribution < -0.4 is 0 Å². The largest absolute Gasteiger partial charge is 0.494 e. The maximum Gasteiger partial charge on any atom is 0.119 e. The topological polar surface area (TPSA) is 49.7 Å². The summed E-state index contributed by atoms with van der Waals surface area (Å²) in [4.78, 5) is 0. The summed E-state index contributed by atoms with van der Waals surface area (Å²) in [5.41, 5.74) is 1.30. The van der Waals surface area contributed by atoms with E-state index >= 15 is 0 Å². The molecule has 2 N–H and O–H groups in total. The van der Waals surface area contributed by atoms with Crippen LogP contribution in [0.3, 0.4) is 0 Å². The molecule has 3 nitrogen and oxygen atoms in total. The van der Waals surface area contributed by atoms with Crippen molar-refractivity contribution in [3.05, 3.63) is 35.6 Å². The molecule has 0 spiro atoms. The van der Waals surface area contributed by atoms with Gasteiger partial charge in [0.2, 0.25) is 0 Å². The molecule has 3 heteroatoms. The van der Waals surface area contributed by atoms with E-state index in [9.17, 15) is 10.2 Å². The highest BCUT2D eigenvalue weighted by molar-refractivity contribution is 5.39. The molecule has 0 bridgehead atoms. The maximum absolute atomic E-state index is 10.5. The van der Waals surface area contributed by atoms with Gasteiger partial charge < -0.3 is 14.9 Å². The van der Waals surface area contributed by atoms with E-state index in [0.717, 1.165) is 31.4 Å². The van der Waals surface area contributed by atoms with Gasteiger partial charge in [0.1, 0.15) is 5.76 Å². The van der Waals surface area contributed by atoms with Crippen LogP contribution in [0.25, 0.3) is 0 Å². The SMILES string of the molecule is CCOC1=CC2=CC[C@@H]3[C@H](CC[C@]4(C)[C@@H](O)[C@H](O)C[C@@H]34)[C@H]2C=C1. The number of fused-ring (bicyclic) bond motifs is 5. The summed E-state index contributed by atoms with van der Waals surface area (Å²) in [6.45, 7) is 4.92. The van der Waals surface area contributed by atoms with Gasteiger partial charge in [-0.3, -0.25) is 0 Å². The first-order chi connectivity index (χ1) is 11.0. The molecule has 126 valence electrons. The van der Waals surface area contributed by atoms with Crippen LogP contribution in [0.5, 0.6) is 0 Å². The molecule has 2 saturated carbocycles. The van der Waals surface area contributed by atoms with Crippen molar-refractivity contribution in [1.29, 1.82) is 0 Å². The fraction of sp³-hybridized carbons (Fsp3) is 0.700. The van der Waals surface area contributed by atoms with E-state index in [1.165, 1.54) is 5.57 Å². The quantitative estimate of drug-likeness (QED) is 0.822. The Morgan fingerprint density at radius 1 is 1.30 bits per heavy atom. The lowest BCUT2D eigenvalue weighted by Gasteiger charge is -2.51. The number of aliphatic hydroxyl groups is 2. The van der Waals surface area contributed by atoms with Gasteiger partial charge in [0.25, 0.3) is 0 Å². The second-order valence-corrected chi connectivity index (χ2v) is 8.03. The number of allylic oxidation sites excluding steroid dienone is 5. The minimum Gasteiger partial charge on any atom is -0.494 e. The molecule has 0 aliphatic heterocycles. The highest BCUT2D eigenvalue weighted by atomic mass is 16.5. The van der Waals surface area contributed by atoms with Crippen LogP contribution in [0.4, 0.5) is 0 Å². The monoisotopic (exact) mass is 316 g/mol. The first-order valence-electron chi connectivity index (χ1n) is 9.13. The van der Waals surface area contributed by atoms with Crippen LogP contribution in [0, 0.1) is 29.1 Å². The first kappa shape index (κ1) is 15.5. The Kier molecular flexibility index (Phi) is 3.69. The Labute approximate surface area is 138 Å². The minimum absolute atomic E-state index is 0.101. The van der Waals surface area contributed by atoms with Crippen LogP contribution in [0.15, 0.2) is 35.6 Å². The molecule has 0 amide bonds. The second-order valence-electron chi connectivity index (χ2n) is 8.03. The van der Waals surface area contributed by atoms with Crippen molar-refractivity contribution in [3.8, 4) is 0 Å². The van der Waals surface area contributed by atoms with Gasteiger partial charge in [-0.15, -0.1) is 0 Å². The van der Waals surface area contributed by atoms with Gasteiger partial charge in [-0.2, -0.15) is 0 Å². The number of ether oxygens (including phenoxy) is 1. The first-order valence-corrected chi connectivity index (χ1v) is 9.13. The minimum atomic E-state index is -0.551. The van der Waals surface area contributed by atoms with Gasteiger partial charge in [0.05, 0.1) is 18.8 Å². The molecule has 23 heavy (non-hydrogen) atoms. The van der Waals surface area contributed by atoms with E-state index in [2.05, 4.69) is 31.2 Å². The molecule has 4 aliphatic rings. The van der Waals surface area contributed by atoms with Crippen molar-refractivity contribution in [2.24, 2.45) is 29.1 Å². The van der Waals surface area contributed by atoms with Crippen LogP contribution in [0.1, 0.15) is 39.5 Å². The standard InChI is InChI=1S/C20H28O3/c1-3-23-13-5-7-14-12(10-13)4-6-16-15(14)8-9-20(2)17(16)11-18(21)19(20)22/h4-5,7,10,14-19,21-22H,3,6,8-9,11H2,1-2H3/t14-,15+,16+,17-,18+,19-,20-/m0/s1. The average molecular weight is 316 g/mol. The molecular weight excluding hydrogens is 288 g/mol. The summed E-state index contributed by atoms with van der Waals surface area (Å²) in [5.74, 6) is 3.12. The third-order valence-electron chi connectivity index (χ3n) is 7.03. The van der Waals surface area contributed by atoms with E-state index in [0.29, 0.717) is 30.3 Å². The molecule has 0 aromatic rings. The van der Waals surface area contributed by atoms with E-state index < -0.39 is 12.2 Å². The van der Waals surface area contributed by atoms with Gasteiger partial charge in [0, 0.05) is 5.92 Å². The zero-order chi connectivity index (χ0) is 16.2.